The van der Waals surface area contributed by atoms with Crippen LogP contribution in [0.1, 0.15) is 39.1 Å². The van der Waals surface area contributed by atoms with Crippen molar-refractivity contribution in [3.05, 3.63) is 58.9 Å². The number of piperazine rings is 1. The highest BCUT2D eigenvalue weighted by atomic mass is 32.2. The van der Waals surface area contributed by atoms with Crippen molar-refractivity contribution in [1.82, 2.24) is 19.4 Å². The van der Waals surface area contributed by atoms with Crippen molar-refractivity contribution in [2.75, 3.05) is 45.2 Å². The predicted octanol–water partition coefficient (Wildman–Crippen LogP) is 0.799. The lowest BCUT2D eigenvalue weighted by Gasteiger charge is -2.36. The van der Waals surface area contributed by atoms with E-state index in [-0.39, 0.29) is 61.6 Å². The third kappa shape index (κ3) is 4.76. The third-order valence-electron chi connectivity index (χ3n) is 7.32. The minimum absolute atomic E-state index is 0.0747. The number of hydrogen-bond donors (Lipinski definition) is 1. The van der Waals surface area contributed by atoms with Crippen LogP contribution in [0.3, 0.4) is 0 Å². The van der Waals surface area contributed by atoms with E-state index in [2.05, 4.69) is 5.32 Å². The molecule has 0 spiro atoms. The molecule has 1 N–H and O–H groups in total. The van der Waals surface area contributed by atoms with Gasteiger partial charge in [0.15, 0.2) is 0 Å². The lowest BCUT2D eigenvalue weighted by molar-refractivity contribution is -0.136. The van der Waals surface area contributed by atoms with E-state index in [0.717, 1.165) is 6.07 Å². The van der Waals surface area contributed by atoms with Crippen LogP contribution in [0, 0.1) is 5.82 Å². The van der Waals surface area contributed by atoms with Gasteiger partial charge in [-0.05, 0) is 30.7 Å². The highest BCUT2D eigenvalue weighted by Gasteiger charge is 2.41. The molecule has 3 heterocycles. The summed E-state index contributed by atoms with van der Waals surface area (Å²) >= 11 is 0. The van der Waals surface area contributed by atoms with E-state index in [0.29, 0.717) is 11.3 Å². The number of amides is 4. The maximum Gasteiger partial charge on any atom is 0.255 e. The van der Waals surface area contributed by atoms with Crippen LogP contribution < -0.4 is 10.2 Å². The summed E-state index contributed by atoms with van der Waals surface area (Å²) in [5, 5.41) is 2.25. The van der Waals surface area contributed by atoms with Crippen LogP contribution in [0.15, 0.2) is 41.3 Å². The number of fused-ring (bicyclic) bond motifs is 1. The molecule has 13 heteroatoms. The first-order chi connectivity index (χ1) is 18.5. The normalized spacial score (nSPS) is 20.2. The van der Waals surface area contributed by atoms with Gasteiger partial charge in [0, 0.05) is 70.1 Å². The van der Waals surface area contributed by atoms with Gasteiger partial charge in [-0.25, -0.2) is 12.8 Å². The Balaban J connectivity index is 1.36. The zero-order valence-corrected chi connectivity index (χ0v) is 22.3. The van der Waals surface area contributed by atoms with E-state index in [4.69, 9.17) is 0 Å². The number of piperidine rings is 1. The number of benzene rings is 2. The van der Waals surface area contributed by atoms with Crippen molar-refractivity contribution in [1.29, 1.82) is 0 Å². The van der Waals surface area contributed by atoms with Crippen LogP contribution in [0.5, 0.6) is 0 Å². The standard InChI is InChI=1S/C26H28FN5O6S/c1-29(2)25(35)17-5-3-4-6-22(17)39(37,38)31-11-9-30(10-12-31)21-14-16(27)13-18-19(21)15-32(26(18)36)20-7-8-23(33)28-24(20)34/h3-6,13-14,20H,7-12,15H2,1-2H3,(H,28,33,34). The first kappa shape index (κ1) is 26.8. The molecule has 2 fully saturated rings. The van der Waals surface area contributed by atoms with Crippen molar-refractivity contribution < 1.29 is 32.0 Å². The summed E-state index contributed by atoms with van der Waals surface area (Å²) in [5.74, 6) is -2.47. The van der Waals surface area contributed by atoms with Gasteiger partial charge >= 0.3 is 0 Å². The fourth-order valence-electron chi connectivity index (χ4n) is 5.31. The predicted molar refractivity (Wildman–Crippen MR) is 138 cm³/mol. The molecule has 4 amide bonds. The number of carbonyl (C=O) groups is 4. The number of sulfonamides is 1. The summed E-state index contributed by atoms with van der Waals surface area (Å²) in [5.41, 5.74) is 1.26. The maximum atomic E-state index is 14.7. The Morgan fingerprint density at radius 2 is 1.74 bits per heavy atom. The van der Waals surface area contributed by atoms with Crippen LogP contribution in [0.4, 0.5) is 10.1 Å². The van der Waals surface area contributed by atoms with E-state index in [1.165, 1.54) is 32.3 Å². The molecular weight excluding hydrogens is 529 g/mol. The summed E-state index contributed by atoms with van der Waals surface area (Å²) in [7, 11) is -0.889. The molecule has 206 valence electrons. The Hall–Kier alpha value is -3.84. The van der Waals surface area contributed by atoms with Crippen LogP contribution in [-0.2, 0) is 26.2 Å². The number of anilines is 1. The molecule has 39 heavy (non-hydrogen) atoms. The molecule has 0 radical (unpaired) electrons. The van der Waals surface area contributed by atoms with Gasteiger partial charge in [-0.2, -0.15) is 4.31 Å². The van der Waals surface area contributed by atoms with Gasteiger partial charge in [0.05, 0.1) is 10.5 Å². The second kappa shape index (κ2) is 10.0. The highest BCUT2D eigenvalue weighted by molar-refractivity contribution is 7.89. The van der Waals surface area contributed by atoms with Crippen molar-refractivity contribution in [3.8, 4) is 0 Å². The molecule has 0 saturated carbocycles. The molecule has 5 rings (SSSR count). The highest BCUT2D eigenvalue weighted by Crippen LogP contribution is 2.36. The average molecular weight is 558 g/mol. The Morgan fingerprint density at radius 3 is 2.41 bits per heavy atom. The summed E-state index contributed by atoms with van der Waals surface area (Å²) in [6, 6.07) is 7.70. The molecule has 1 atom stereocenters. The van der Waals surface area contributed by atoms with Crippen molar-refractivity contribution in [3.63, 3.8) is 0 Å². The van der Waals surface area contributed by atoms with Crippen LogP contribution in [0.2, 0.25) is 0 Å². The largest absolute Gasteiger partial charge is 0.369 e. The monoisotopic (exact) mass is 557 g/mol. The Morgan fingerprint density at radius 1 is 1.05 bits per heavy atom. The lowest BCUT2D eigenvalue weighted by atomic mass is 10.0. The summed E-state index contributed by atoms with van der Waals surface area (Å²) < 4.78 is 43.0. The van der Waals surface area contributed by atoms with E-state index in [9.17, 15) is 32.0 Å². The number of rotatable bonds is 5. The van der Waals surface area contributed by atoms with Crippen molar-refractivity contribution >= 4 is 39.3 Å². The van der Waals surface area contributed by atoms with Crippen molar-refractivity contribution in [2.24, 2.45) is 0 Å². The second-order valence-electron chi connectivity index (χ2n) is 9.94. The van der Waals surface area contributed by atoms with E-state index >= 15 is 0 Å². The number of imide groups is 1. The molecular formula is C26H28FN5O6S. The topological polar surface area (TPSA) is 127 Å². The molecule has 2 aromatic rings. The number of nitrogens with one attached hydrogen (secondary N) is 1. The smallest absolute Gasteiger partial charge is 0.255 e. The van der Waals surface area contributed by atoms with E-state index in [1.54, 1.807) is 26.2 Å². The van der Waals surface area contributed by atoms with Gasteiger partial charge in [-0.15, -0.1) is 0 Å². The second-order valence-corrected chi connectivity index (χ2v) is 11.8. The SMILES string of the molecule is CN(C)C(=O)c1ccccc1S(=O)(=O)N1CCN(c2cc(F)cc3c2CN(C2CCC(=O)NC2=O)C3=O)CC1. The third-order valence-corrected chi connectivity index (χ3v) is 9.27. The summed E-state index contributed by atoms with van der Waals surface area (Å²) in [6.07, 6.45) is 0.300. The summed E-state index contributed by atoms with van der Waals surface area (Å²) in [6.45, 7) is 0.706. The molecule has 0 aliphatic carbocycles. The minimum atomic E-state index is -3.99. The molecule has 11 nitrogen and oxygen atoms in total. The molecule has 3 aliphatic rings. The molecule has 1 unspecified atom stereocenters. The average Bonchev–Trinajstić information content (AvgIpc) is 3.23. The summed E-state index contributed by atoms with van der Waals surface area (Å²) in [4.78, 5) is 54.1. The zero-order valence-electron chi connectivity index (χ0n) is 21.5. The lowest BCUT2D eigenvalue weighted by Crippen LogP contribution is -2.52. The zero-order chi connectivity index (χ0) is 28.1. The first-order valence-electron chi connectivity index (χ1n) is 12.5. The van der Waals surface area contributed by atoms with Gasteiger partial charge in [0.25, 0.3) is 11.8 Å². The number of carbonyl (C=O) groups excluding carboxylic acids is 4. The minimum Gasteiger partial charge on any atom is -0.369 e. The van der Waals surface area contributed by atoms with Gasteiger partial charge in [0.1, 0.15) is 11.9 Å². The van der Waals surface area contributed by atoms with Gasteiger partial charge in [-0.3, -0.25) is 24.5 Å². The quantitative estimate of drug-likeness (QED) is 0.539. The van der Waals surface area contributed by atoms with Crippen LogP contribution in [-0.4, -0.2) is 92.5 Å². The number of halogens is 1. The Kier molecular flexibility index (Phi) is 6.89. The van der Waals surface area contributed by atoms with E-state index < -0.39 is 45.5 Å². The fourth-order valence-corrected chi connectivity index (χ4v) is 6.91. The number of nitrogens with zero attached hydrogens (tertiary/aromatic N) is 4. The van der Waals surface area contributed by atoms with E-state index in [1.807, 2.05) is 4.90 Å². The Bertz CT molecular complexity index is 1490. The maximum absolute atomic E-state index is 14.7. The molecule has 3 aliphatic heterocycles. The number of hydrogen-bond acceptors (Lipinski definition) is 7. The molecule has 2 saturated heterocycles. The first-order valence-corrected chi connectivity index (χ1v) is 14.0. The van der Waals surface area contributed by atoms with Gasteiger partial charge < -0.3 is 14.7 Å². The molecule has 2 aromatic carbocycles. The molecule has 0 bridgehead atoms. The van der Waals surface area contributed by atoms with Gasteiger partial charge in [0.2, 0.25) is 21.8 Å². The Labute approximate surface area is 225 Å². The van der Waals surface area contributed by atoms with Crippen LogP contribution >= 0.6 is 0 Å². The van der Waals surface area contributed by atoms with Gasteiger partial charge in [-0.1, -0.05) is 12.1 Å². The van der Waals surface area contributed by atoms with Crippen molar-refractivity contribution in [2.45, 2.75) is 30.3 Å². The van der Waals surface area contributed by atoms with Crippen LogP contribution in [0.25, 0.3) is 0 Å². The fraction of sp³-hybridized carbons (Fsp3) is 0.385. The molecule has 0 aromatic heterocycles.